The first kappa shape index (κ1) is 10.2. The van der Waals surface area contributed by atoms with E-state index in [1.807, 2.05) is 18.2 Å². The number of aromatic amines is 1. The molecule has 82 valence electrons. The molecule has 2 aromatic rings. The van der Waals surface area contributed by atoms with Crippen molar-refractivity contribution >= 4 is 5.95 Å². The molecule has 0 unspecified atom stereocenters. The zero-order valence-electron chi connectivity index (χ0n) is 8.73. The van der Waals surface area contributed by atoms with E-state index in [4.69, 9.17) is 10.5 Å². The summed E-state index contributed by atoms with van der Waals surface area (Å²) in [5.41, 5.74) is 6.43. The quantitative estimate of drug-likeness (QED) is 0.787. The molecule has 0 amide bonds. The SMILES string of the molecule is COc1ccccc1-c1cc(=O)[nH]c(N)n1. The number of aromatic nitrogens is 2. The van der Waals surface area contributed by atoms with Gasteiger partial charge < -0.3 is 10.5 Å². The highest BCUT2D eigenvalue weighted by Gasteiger charge is 2.07. The Morgan fingerprint density at radius 3 is 2.81 bits per heavy atom. The van der Waals surface area contributed by atoms with E-state index in [9.17, 15) is 4.79 Å². The van der Waals surface area contributed by atoms with Crippen LogP contribution in [0.15, 0.2) is 35.1 Å². The zero-order chi connectivity index (χ0) is 11.5. The minimum Gasteiger partial charge on any atom is -0.496 e. The molecule has 5 nitrogen and oxygen atoms in total. The number of rotatable bonds is 2. The number of para-hydroxylation sites is 1. The summed E-state index contributed by atoms with van der Waals surface area (Å²) in [5, 5.41) is 0. The number of nitrogens with one attached hydrogen (secondary N) is 1. The Hall–Kier alpha value is -2.30. The molecule has 0 radical (unpaired) electrons. The number of nitrogen functional groups attached to an aromatic ring is 1. The summed E-state index contributed by atoms with van der Waals surface area (Å²) in [7, 11) is 1.56. The van der Waals surface area contributed by atoms with Gasteiger partial charge in [-0.2, -0.15) is 0 Å². The number of hydrogen-bond donors (Lipinski definition) is 2. The molecule has 0 aliphatic heterocycles. The Balaban J connectivity index is 2.62. The minimum absolute atomic E-state index is 0.0911. The second kappa shape index (κ2) is 4.06. The van der Waals surface area contributed by atoms with Crippen LogP contribution in [0.2, 0.25) is 0 Å². The molecule has 0 fully saturated rings. The molecule has 3 N–H and O–H groups in total. The van der Waals surface area contributed by atoms with E-state index >= 15 is 0 Å². The summed E-state index contributed by atoms with van der Waals surface area (Å²) in [6.07, 6.45) is 0. The van der Waals surface area contributed by atoms with Crippen LogP contribution in [0.25, 0.3) is 11.3 Å². The Morgan fingerprint density at radius 1 is 1.38 bits per heavy atom. The van der Waals surface area contributed by atoms with Crippen LogP contribution in [0.5, 0.6) is 5.75 Å². The summed E-state index contributed by atoms with van der Waals surface area (Å²) in [6.45, 7) is 0. The maximum atomic E-state index is 11.3. The molecule has 2 rings (SSSR count). The Labute approximate surface area is 91.9 Å². The van der Waals surface area contributed by atoms with Crippen molar-refractivity contribution in [1.29, 1.82) is 0 Å². The molecule has 0 atom stereocenters. The number of anilines is 1. The van der Waals surface area contributed by atoms with E-state index in [0.717, 1.165) is 5.56 Å². The van der Waals surface area contributed by atoms with Crippen molar-refractivity contribution in [2.24, 2.45) is 0 Å². The van der Waals surface area contributed by atoms with E-state index in [-0.39, 0.29) is 11.5 Å². The fourth-order valence-electron chi connectivity index (χ4n) is 1.47. The maximum Gasteiger partial charge on any atom is 0.252 e. The van der Waals surface area contributed by atoms with Crippen molar-refractivity contribution in [2.75, 3.05) is 12.8 Å². The number of benzene rings is 1. The third-order valence-electron chi connectivity index (χ3n) is 2.14. The zero-order valence-corrected chi connectivity index (χ0v) is 8.73. The highest BCUT2D eigenvalue weighted by molar-refractivity contribution is 5.67. The van der Waals surface area contributed by atoms with Crippen LogP contribution in [0.4, 0.5) is 5.95 Å². The van der Waals surface area contributed by atoms with E-state index < -0.39 is 0 Å². The molecule has 0 aliphatic carbocycles. The molecule has 16 heavy (non-hydrogen) atoms. The normalized spacial score (nSPS) is 10.1. The van der Waals surface area contributed by atoms with Crippen molar-refractivity contribution in [1.82, 2.24) is 9.97 Å². The highest BCUT2D eigenvalue weighted by Crippen LogP contribution is 2.27. The molecule has 5 heteroatoms. The smallest absolute Gasteiger partial charge is 0.252 e. The first-order chi connectivity index (χ1) is 7.70. The number of hydrogen-bond acceptors (Lipinski definition) is 4. The van der Waals surface area contributed by atoms with Gasteiger partial charge in [0.05, 0.1) is 12.8 Å². The lowest BCUT2D eigenvalue weighted by molar-refractivity contribution is 0.416. The Kier molecular flexibility index (Phi) is 2.59. The molecule has 1 aromatic heterocycles. The van der Waals surface area contributed by atoms with Crippen LogP contribution in [0.3, 0.4) is 0 Å². The standard InChI is InChI=1S/C11H11N3O2/c1-16-9-5-3-2-4-7(9)8-6-10(15)14-11(12)13-8/h2-6H,1H3,(H3,12,13,14,15). The molecular formula is C11H11N3O2. The lowest BCUT2D eigenvalue weighted by Crippen LogP contribution is -2.10. The van der Waals surface area contributed by atoms with Crippen LogP contribution >= 0.6 is 0 Å². The maximum absolute atomic E-state index is 11.3. The number of methoxy groups -OCH3 is 1. The summed E-state index contributed by atoms with van der Waals surface area (Å²) in [4.78, 5) is 17.7. The van der Waals surface area contributed by atoms with Crippen LogP contribution in [-0.4, -0.2) is 17.1 Å². The predicted octanol–water partition coefficient (Wildman–Crippen LogP) is 1.03. The monoisotopic (exact) mass is 217 g/mol. The van der Waals surface area contributed by atoms with Gasteiger partial charge in [0, 0.05) is 11.6 Å². The van der Waals surface area contributed by atoms with E-state index in [0.29, 0.717) is 11.4 Å². The average Bonchev–Trinajstić information content (AvgIpc) is 2.27. The lowest BCUT2D eigenvalue weighted by atomic mass is 10.1. The van der Waals surface area contributed by atoms with Crippen molar-refractivity contribution in [2.45, 2.75) is 0 Å². The lowest BCUT2D eigenvalue weighted by Gasteiger charge is -2.07. The highest BCUT2D eigenvalue weighted by atomic mass is 16.5. The number of ether oxygens (including phenoxy) is 1. The molecule has 0 bridgehead atoms. The van der Waals surface area contributed by atoms with E-state index in [1.54, 1.807) is 13.2 Å². The number of nitrogens with two attached hydrogens (primary N) is 1. The first-order valence-electron chi connectivity index (χ1n) is 4.71. The van der Waals surface area contributed by atoms with E-state index in [2.05, 4.69) is 9.97 Å². The third-order valence-corrected chi connectivity index (χ3v) is 2.14. The van der Waals surface area contributed by atoms with Crippen molar-refractivity contribution in [3.63, 3.8) is 0 Å². The topological polar surface area (TPSA) is 81.0 Å². The van der Waals surface area contributed by atoms with Crippen molar-refractivity contribution < 1.29 is 4.74 Å². The molecule has 0 saturated carbocycles. The fraction of sp³-hybridized carbons (Fsp3) is 0.0909. The molecule has 0 spiro atoms. The van der Waals surface area contributed by atoms with Gasteiger partial charge in [-0.25, -0.2) is 4.98 Å². The van der Waals surface area contributed by atoms with Crippen molar-refractivity contribution in [3.8, 4) is 17.0 Å². The third kappa shape index (κ3) is 1.88. The molecule has 1 heterocycles. The average molecular weight is 217 g/mol. The van der Waals surface area contributed by atoms with Crippen LogP contribution in [0.1, 0.15) is 0 Å². The summed E-state index contributed by atoms with van der Waals surface area (Å²) < 4.78 is 5.19. The van der Waals surface area contributed by atoms with E-state index in [1.165, 1.54) is 6.07 Å². The first-order valence-corrected chi connectivity index (χ1v) is 4.71. The van der Waals surface area contributed by atoms with Gasteiger partial charge in [0.25, 0.3) is 5.56 Å². The minimum atomic E-state index is -0.284. The van der Waals surface area contributed by atoms with Crippen LogP contribution in [0, 0.1) is 0 Å². The molecule has 0 aliphatic rings. The van der Waals surface area contributed by atoms with Gasteiger partial charge in [0.1, 0.15) is 5.75 Å². The largest absolute Gasteiger partial charge is 0.496 e. The van der Waals surface area contributed by atoms with Gasteiger partial charge in [-0.15, -0.1) is 0 Å². The molecule has 1 aromatic carbocycles. The number of H-pyrrole nitrogens is 1. The second-order valence-electron chi connectivity index (χ2n) is 3.22. The molecule has 0 saturated heterocycles. The fourth-order valence-corrected chi connectivity index (χ4v) is 1.47. The van der Waals surface area contributed by atoms with Crippen LogP contribution < -0.4 is 16.0 Å². The van der Waals surface area contributed by atoms with Gasteiger partial charge in [-0.3, -0.25) is 9.78 Å². The van der Waals surface area contributed by atoms with Crippen LogP contribution in [-0.2, 0) is 0 Å². The van der Waals surface area contributed by atoms with Gasteiger partial charge in [0.2, 0.25) is 5.95 Å². The summed E-state index contributed by atoms with van der Waals surface area (Å²) in [5.74, 6) is 0.744. The Bertz CT molecular complexity index is 563. The van der Waals surface area contributed by atoms with Gasteiger partial charge in [-0.1, -0.05) is 12.1 Å². The van der Waals surface area contributed by atoms with Gasteiger partial charge in [-0.05, 0) is 12.1 Å². The summed E-state index contributed by atoms with van der Waals surface area (Å²) >= 11 is 0. The van der Waals surface area contributed by atoms with Gasteiger partial charge in [0.15, 0.2) is 0 Å². The van der Waals surface area contributed by atoms with Crippen molar-refractivity contribution in [3.05, 3.63) is 40.7 Å². The molecular weight excluding hydrogens is 206 g/mol. The van der Waals surface area contributed by atoms with Gasteiger partial charge >= 0.3 is 0 Å². The Morgan fingerprint density at radius 2 is 2.12 bits per heavy atom. The second-order valence-corrected chi connectivity index (χ2v) is 3.22. The predicted molar refractivity (Wildman–Crippen MR) is 61.3 cm³/mol. The number of nitrogens with zero attached hydrogens (tertiary/aromatic N) is 1. The summed E-state index contributed by atoms with van der Waals surface area (Å²) in [6, 6.07) is 8.69.